The normalized spacial score (nSPS) is 16.0. The average molecular weight is 351 g/mol. The van der Waals surface area contributed by atoms with Crippen molar-refractivity contribution >= 4 is 5.91 Å². The van der Waals surface area contributed by atoms with Gasteiger partial charge in [-0.3, -0.25) is 9.89 Å². The van der Waals surface area contributed by atoms with Crippen LogP contribution in [0.1, 0.15) is 27.7 Å². The molecule has 0 bridgehead atoms. The zero-order chi connectivity index (χ0) is 18.4. The van der Waals surface area contributed by atoms with Crippen molar-refractivity contribution in [2.75, 3.05) is 14.2 Å². The van der Waals surface area contributed by atoms with Gasteiger partial charge >= 0.3 is 0 Å². The lowest BCUT2D eigenvalue weighted by molar-refractivity contribution is 0.0787. The Kier molecular flexibility index (Phi) is 3.57. The minimum Gasteiger partial charge on any atom is -0.507 e. The van der Waals surface area contributed by atoms with Crippen molar-refractivity contribution in [1.82, 2.24) is 15.1 Å². The van der Waals surface area contributed by atoms with E-state index in [1.165, 1.54) is 13.2 Å². The molecule has 2 heterocycles. The number of rotatable bonds is 3. The molecule has 0 saturated carbocycles. The number of phenolic OH excluding ortho intramolecular Hbond substituents is 2. The van der Waals surface area contributed by atoms with Crippen LogP contribution in [0.25, 0.3) is 11.3 Å². The molecule has 0 spiro atoms. The number of fused-ring (bicyclic) bond motifs is 1. The summed E-state index contributed by atoms with van der Waals surface area (Å²) in [7, 11) is 3.17. The first kappa shape index (κ1) is 16.0. The van der Waals surface area contributed by atoms with Gasteiger partial charge in [0.05, 0.1) is 13.2 Å². The number of methoxy groups -OCH3 is 1. The highest BCUT2D eigenvalue weighted by Gasteiger charge is 2.40. The number of ether oxygens (including phenoxy) is 1. The van der Waals surface area contributed by atoms with Gasteiger partial charge < -0.3 is 19.8 Å². The number of nitrogens with one attached hydrogen (secondary N) is 1. The van der Waals surface area contributed by atoms with E-state index in [4.69, 9.17) is 4.74 Å². The summed E-state index contributed by atoms with van der Waals surface area (Å²) in [5, 5.41) is 27.2. The summed E-state index contributed by atoms with van der Waals surface area (Å²) in [6, 6.07) is 11.4. The third kappa shape index (κ3) is 2.21. The Hall–Kier alpha value is -3.48. The number of hydrogen-bond acceptors (Lipinski definition) is 5. The summed E-state index contributed by atoms with van der Waals surface area (Å²) in [4.78, 5) is 14.2. The van der Waals surface area contributed by atoms with E-state index < -0.39 is 6.04 Å². The van der Waals surface area contributed by atoms with Crippen LogP contribution < -0.4 is 4.74 Å². The molecule has 3 N–H and O–H groups in total. The van der Waals surface area contributed by atoms with Crippen LogP contribution in [0, 0.1) is 0 Å². The number of aromatic hydroxyl groups is 2. The first-order chi connectivity index (χ1) is 12.5. The molecule has 1 atom stereocenters. The second-order valence-corrected chi connectivity index (χ2v) is 6.13. The summed E-state index contributed by atoms with van der Waals surface area (Å²) in [6.07, 6.45) is 0. The van der Waals surface area contributed by atoms with E-state index >= 15 is 0 Å². The van der Waals surface area contributed by atoms with E-state index in [0.717, 1.165) is 5.56 Å². The van der Waals surface area contributed by atoms with Crippen molar-refractivity contribution in [3.63, 3.8) is 0 Å². The zero-order valence-electron chi connectivity index (χ0n) is 14.2. The van der Waals surface area contributed by atoms with Crippen molar-refractivity contribution < 1.29 is 19.7 Å². The summed E-state index contributed by atoms with van der Waals surface area (Å²) in [5.41, 5.74) is 2.92. The summed E-state index contributed by atoms with van der Waals surface area (Å²) in [5.74, 6) is 0.248. The van der Waals surface area contributed by atoms with Crippen molar-refractivity contribution in [3.8, 4) is 28.5 Å². The van der Waals surface area contributed by atoms with Crippen LogP contribution in [0.4, 0.5) is 0 Å². The Balaban J connectivity index is 1.92. The predicted octanol–water partition coefficient (Wildman–Crippen LogP) is 2.67. The van der Waals surface area contributed by atoms with E-state index in [0.29, 0.717) is 28.3 Å². The van der Waals surface area contributed by atoms with Gasteiger partial charge in [0, 0.05) is 18.2 Å². The fourth-order valence-corrected chi connectivity index (χ4v) is 3.40. The lowest BCUT2D eigenvalue weighted by Crippen LogP contribution is -2.24. The molecule has 0 saturated heterocycles. The molecule has 3 aromatic rings. The minimum absolute atomic E-state index is 0.0246. The number of phenols is 2. The maximum atomic E-state index is 12.6. The number of hydrogen-bond donors (Lipinski definition) is 3. The van der Waals surface area contributed by atoms with Crippen LogP contribution in [0.2, 0.25) is 0 Å². The van der Waals surface area contributed by atoms with Gasteiger partial charge in [-0.2, -0.15) is 5.10 Å². The molecular formula is C19H17N3O4. The predicted molar refractivity (Wildman–Crippen MR) is 94.3 cm³/mol. The molecule has 132 valence electrons. The third-order valence-corrected chi connectivity index (χ3v) is 4.68. The maximum Gasteiger partial charge on any atom is 0.272 e. The van der Waals surface area contributed by atoms with Gasteiger partial charge in [0.1, 0.15) is 17.1 Å². The van der Waals surface area contributed by atoms with Crippen LogP contribution >= 0.6 is 0 Å². The first-order valence-corrected chi connectivity index (χ1v) is 8.03. The third-order valence-electron chi connectivity index (χ3n) is 4.68. The Morgan fingerprint density at radius 1 is 1.15 bits per heavy atom. The van der Waals surface area contributed by atoms with Crippen molar-refractivity contribution in [1.29, 1.82) is 0 Å². The molecule has 26 heavy (non-hydrogen) atoms. The summed E-state index contributed by atoms with van der Waals surface area (Å²) in [6.45, 7) is 0. The quantitative estimate of drug-likeness (QED) is 0.674. The van der Waals surface area contributed by atoms with Crippen LogP contribution in [0.3, 0.4) is 0 Å². The highest BCUT2D eigenvalue weighted by Crippen LogP contribution is 2.44. The molecule has 0 unspecified atom stereocenters. The van der Waals surface area contributed by atoms with E-state index in [9.17, 15) is 15.0 Å². The van der Waals surface area contributed by atoms with E-state index in [1.807, 2.05) is 0 Å². The molecular weight excluding hydrogens is 334 g/mol. The number of aromatic nitrogens is 2. The zero-order valence-corrected chi connectivity index (χ0v) is 14.2. The highest BCUT2D eigenvalue weighted by atomic mass is 16.5. The van der Waals surface area contributed by atoms with Crippen molar-refractivity contribution in [2.24, 2.45) is 0 Å². The molecule has 0 aliphatic carbocycles. The van der Waals surface area contributed by atoms with Crippen LogP contribution in [0.15, 0.2) is 42.5 Å². The van der Waals surface area contributed by atoms with Crippen molar-refractivity contribution in [2.45, 2.75) is 6.04 Å². The number of carbonyl (C=O) groups is 1. The largest absolute Gasteiger partial charge is 0.507 e. The van der Waals surface area contributed by atoms with E-state index in [-0.39, 0.29) is 17.4 Å². The Labute approximate surface area is 149 Å². The Morgan fingerprint density at radius 2 is 1.92 bits per heavy atom. The molecule has 0 fully saturated rings. The average Bonchev–Trinajstić information content (AvgIpc) is 3.16. The molecule has 1 amide bonds. The maximum absolute atomic E-state index is 12.6. The van der Waals surface area contributed by atoms with Crippen molar-refractivity contribution in [3.05, 3.63) is 59.3 Å². The summed E-state index contributed by atoms with van der Waals surface area (Å²) < 4.78 is 5.19. The van der Waals surface area contributed by atoms with Gasteiger partial charge in [-0.05, 0) is 29.8 Å². The minimum atomic E-state index is -0.416. The number of para-hydroxylation sites is 1. The molecule has 1 aliphatic heterocycles. The van der Waals surface area contributed by atoms with Gasteiger partial charge in [-0.15, -0.1) is 0 Å². The smallest absolute Gasteiger partial charge is 0.272 e. The molecule has 1 aliphatic rings. The van der Waals surface area contributed by atoms with E-state index in [1.54, 1.807) is 48.3 Å². The highest BCUT2D eigenvalue weighted by molar-refractivity contribution is 6.00. The summed E-state index contributed by atoms with van der Waals surface area (Å²) >= 11 is 0. The lowest BCUT2D eigenvalue weighted by Gasteiger charge is -2.22. The van der Waals surface area contributed by atoms with Gasteiger partial charge in [-0.25, -0.2) is 0 Å². The van der Waals surface area contributed by atoms with Gasteiger partial charge in [-0.1, -0.05) is 18.2 Å². The molecule has 0 radical (unpaired) electrons. The number of carbonyl (C=O) groups excluding carboxylic acids is 1. The van der Waals surface area contributed by atoms with Gasteiger partial charge in [0.15, 0.2) is 11.5 Å². The second-order valence-electron chi connectivity index (χ2n) is 6.13. The lowest BCUT2D eigenvalue weighted by atomic mass is 9.95. The van der Waals surface area contributed by atoms with Crippen LogP contribution in [-0.2, 0) is 0 Å². The molecule has 1 aromatic heterocycles. The Morgan fingerprint density at radius 3 is 2.65 bits per heavy atom. The molecule has 4 rings (SSSR count). The van der Waals surface area contributed by atoms with Gasteiger partial charge in [0.25, 0.3) is 5.91 Å². The number of nitrogens with zero attached hydrogens (tertiary/aromatic N) is 2. The topological polar surface area (TPSA) is 98.7 Å². The van der Waals surface area contributed by atoms with Gasteiger partial charge in [0.2, 0.25) is 0 Å². The molecule has 2 aromatic carbocycles. The fourth-order valence-electron chi connectivity index (χ4n) is 3.40. The van der Waals surface area contributed by atoms with E-state index in [2.05, 4.69) is 10.2 Å². The number of amides is 1. The number of aromatic amines is 1. The second kappa shape index (κ2) is 5.80. The SMILES string of the molecule is COc1cc([C@@H]2c3c(-c4ccccc4O)n[nH]c3C(=O)N2C)ccc1O. The standard InChI is InChI=1S/C19H17N3O4/c1-22-18(10-7-8-13(24)14(9-10)26-2)15-16(20-21-17(15)19(22)25)11-5-3-4-6-12(11)23/h3-9,18,23-24H,1-2H3,(H,20,21)/t18-/m1/s1. The first-order valence-electron chi connectivity index (χ1n) is 8.03. The Bertz CT molecular complexity index is 1010. The number of H-pyrrole nitrogens is 1. The fraction of sp³-hybridized carbons (Fsp3) is 0.158. The number of benzene rings is 2. The molecule has 7 nitrogen and oxygen atoms in total. The monoisotopic (exact) mass is 351 g/mol. The molecule has 7 heteroatoms. The van der Waals surface area contributed by atoms with Crippen LogP contribution in [-0.4, -0.2) is 45.4 Å². The van der Waals surface area contributed by atoms with Crippen LogP contribution in [0.5, 0.6) is 17.2 Å².